The largest absolute Gasteiger partial charge is 0.467 e. The van der Waals surface area contributed by atoms with Crippen LogP contribution in [0.2, 0.25) is 0 Å². The number of esters is 1. The van der Waals surface area contributed by atoms with Gasteiger partial charge in [0.1, 0.15) is 0 Å². The zero-order chi connectivity index (χ0) is 17.3. The number of likely N-dealkylation sites (tertiary alicyclic amines) is 1. The first-order valence-corrected chi connectivity index (χ1v) is 7.17. The molecule has 1 amide bonds. The maximum atomic E-state index is 12.7. The van der Waals surface area contributed by atoms with Crippen LogP contribution in [0.15, 0.2) is 0 Å². The number of ether oxygens (including phenoxy) is 2. The molecule has 0 aliphatic carbocycles. The van der Waals surface area contributed by atoms with Gasteiger partial charge in [-0.15, -0.1) is 0 Å². The third kappa shape index (κ3) is 4.47. The molecule has 0 radical (unpaired) electrons. The molecular weight excluding hydrogens is 321 g/mol. The van der Waals surface area contributed by atoms with Gasteiger partial charge in [-0.3, -0.25) is 4.90 Å². The summed E-state index contributed by atoms with van der Waals surface area (Å²) in [5.41, 5.74) is -0.964. The van der Waals surface area contributed by atoms with Crippen molar-refractivity contribution in [3.05, 3.63) is 0 Å². The zero-order valence-electron chi connectivity index (χ0n) is 12.6. The van der Waals surface area contributed by atoms with E-state index in [9.17, 15) is 22.8 Å². The molecule has 2 fully saturated rings. The highest BCUT2D eigenvalue weighted by atomic mass is 19.4. The van der Waals surface area contributed by atoms with Gasteiger partial charge < -0.3 is 19.5 Å². The van der Waals surface area contributed by atoms with Gasteiger partial charge in [0.05, 0.1) is 19.3 Å². The molecule has 2 aliphatic heterocycles. The lowest BCUT2D eigenvalue weighted by atomic mass is 9.88. The third-order valence-corrected chi connectivity index (χ3v) is 4.14. The van der Waals surface area contributed by atoms with Crippen LogP contribution in [-0.4, -0.2) is 84.7 Å². The highest BCUT2D eigenvalue weighted by molar-refractivity contribution is 5.75. The molecule has 2 saturated heterocycles. The summed E-state index contributed by atoms with van der Waals surface area (Å²) in [7, 11) is 1.15. The Labute approximate surface area is 130 Å². The van der Waals surface area contributed by atoms with E-state index in [1.54, 1.807) is 0 Å². The molecule has 10 heteroatoms. The van der Waals surface area contributed by atoms with Crippen LogP contribution in [0, 0.1) is 0 Å². The predicted octanol–water partition coefficient (Wildman–Crippen LogP) is 0.935. The quantitative estimate of drug-likeness (QED) is 0.754. The molecule has 0 aromatic heterocycles. The number of nitrogens with zero attached hydrogens (tertiary/aromatic N) is 2. The number of halogens is 3. The molecule has 2 aliphatic rings. The number of rotatable bonds is 2. The van der Waals surface area contributed by atoms with Crippen LogP contribution < -0.4 is 0 Å². The fourth-order valence-electron chi connectivity index (χ4n) is 3.09. The Hall–Kier alpha value is -1.55. The normalized spacial score (nSPS) is 25.4. The third-order valence-electron chi connectivity index (χ3n) is 4.14. The second kappa shape index (κ2) is 6.52. The molecule has 0 aromatic carbocycles. The monoisotopic (exact) mass is 340 g/mol. The lowest BCUT2D eigenvalue weighted by Gasteiger charge is -2.48. The van der Waals surface area contributed by atoms with Crippen LogP contribution in [0.3, 0.4) is 0 Å². The Balaban J connectivity index is 2.11. The van der Waals surface area contributed by atoms with Gasteiger partial charge >= 0.3 is 18.2 Å². The molecule has 1 atom stereocenters. The molecule has 1 spiro atoms. The van der Waals surface area contributed by atoms with Crippen LogP contribution in [0.25, 0.3) is 0 Å². The van der Waals surface area contributed by atoms with Crippen molar-refractivity contribution in [2.24, 2.45) is 0 Å². The van der Waals surface area contributed by atoms with Gasteiger partial charge in [-0.25, -0.2) is 9.59 Å². The van der Waals surface area contributed by atoms with Crippen molar-refractivity contribution in [2.45, 2.75) is 30.7 Å². The van der Waals surface area contributed by atoms with E-state index in [0.29, 0.717) is 0 Å². The van der Waals surface area contributed by atoms with E-state index >= 15 is 0 Å². The first-order valence-electron chi connectivity index (χ1n) is 7.17. The molecular formula is C13H19F3N2O5. The van der Waals surface area contributed by atoms with Gasteiger partial charge in [-0.05, 0) is 12.8 Å². The fourth-order valence-corrected chi connectivity index (χ4v) is 3.09. The molecule has 0 bridgehead atoms. The number of methoxy groups -OCH3 is 1. The van der Waals surface area contributed by atoms with Gasteiger partial charge in [-0.1, -0.05) is 0 Å². The van der Waals surface area contributed by atoms with Crippen molar-refractivity contribution in [2.75, 3.05) is 39.8 Å². The van der Waals surface area contributed by atoms with Gasteiger partial charge in [0.25, 0.3) is 0 Å². The first-order chi connectivity index (χ1) is 10.6. The van der Waals surface area contributed by atoms with Crippen molar-refractivity contribution in [1.29, 1.82) is 0 Å². The second-order valence-corrected chi connectivity index (χ2v) is 5.87. The van der Waals surface area contributed by atoms with Gasteiger partial charge in [-0.2, -0.15) is 13.2 Å². The Morgan fingerprint density at radius 3 is 2.43 bits per heavy atom. The number of amides is 1. The first kappa shape index (κ1) is 17.8. The standard InChI is InChI=1S/C13H19F3N2O5/c1-22-10(19)9-6-17(8-13(14,15)16)7-12(23-9)2-4-18(5-3-12)11(20)21/h9H,2-8H2,1H3,(H,20,21). The van der Waals surface area contributed by atoms with Crippen LogP contribution >= 0.6 is 0 Å². The van der Waals surface area contributed by atoms with Crippen LogP contribution in [0.1, 0.15) is 12.8 Å². The van der Waals surface area contributed by atoms with E-state index in [2.05, 4.69) is 4.74 Å². The molecule has 0 saturated carbocycles. The second-order valence-electron chi connectivity index (χ2n) is 5.87. The van der Waals surface area contributed by atoms with Crippen molar-refractivity contribution in [1.82, 2.24) is 9.80 Å². The molecule has 2 rings (SSSR count). The van der Waals surface area contributed by atoms with E-state index in [1.165, 1.54) is 4.90 Å². The smallest absolute Gasteiger partial charge is 0.407 e. The Bertz CT molecular complexity index is 463. The number of carboxylic acid groups (broad SMARTS) is 1. The number of hydrogen-bond acceptors (Lipinski definition) is 5. The van der Waals surface area contributed by atoms with E-state index in [-0.39, 0.29) is 39.0 Å². The lowest BCUT2D eigenvalue weighted by molar-refractivity contribution is -0.214. The fraction of sp³-hybridized carbons (Fsp3) is 0.846. The summed E-state index contributed by atoms with van der Waals surface area (Å²) >= 11 is 0. The van der Waals surface area contributed by atoms with Crippen molar-refractivity contribution < 1.29 is 37.3 Å². The minimum Gasteiger partial charge on any atom is -0.467 e. The molecule has 23 heavy (non-hydrogen) atoms. The number of hydrogen-bond donors (Lipinski definition) is 1. The van der Waals surface area contributed by atoms with Crippen molar-refractivity contribution >= 4 is 12.1 Å². The average Bonchev–Trinajstić information content (AvgIpc) is 2.44. The topological polar surface area (TPSA) is 79.3 Å². The van der Waals surface area contributed by atoms with Crippen molar-refractivity contribution in [3.8, 4) is 0 Å². The van der Waals surface area contributed by atoms with E-state index in [0.717, 1.165) is 12.0 Å². The van der Waals surface area contributed by atoms with Gasteiger partial charge in [0.15, 0.2) is 6.10 Å². The summed E-state index contributed by atoms with van der Waals surface area (Å²) in [6.45, 7) is -1.02. The molecule has 132 valence electrons. The number of morpholine rings is 1. The summed E-state index contributed by atoms with van der Waals surface area (Å²) in [4.78, 5) is 25.0. The summed E-state index contributed by atoms with van der Waals surface area (Å²) < 4.78 is 48.4. The molecule has 7 nitrogen and oxygen atoms in total. The number of alkyl halides is 3. The van der Waals surface area contributed by atoms with Gasteiger partial charge in [0, 0.05) is 26.2 Å². The van der Waals surface area contributed by atoms with Gasteiger partial charge in [0.2, 0.25) is 0 Å². The van der Waals surface area contributed by atoms with E-state index < -0.39 is 36.5 Å². The molecule has 1 unspecified atom stereocenters. The minimum atomic E-state index is -4.39. The van der Waals surface area contributed by atoms with Crippen LogP contribution in [0.4, 0.5) is 18.0 Å². The zero-order valence-corrected chi connectivity index (χ0v) is 12.6. The minimum absolute atomic E-state index is 0.00740. The molecule has 0 aromatic rings. The Kier molecular flexibility index (Phi) is 5.04. The summed E-state index contributed by atoms with van der Waals surface area (Å²) in [5.74, 6) is -0.725. The maximum Gasteiger partial charge on any atom is 0.407 e. The average molecular weight is 340 g/mol. The van der Waals surface area contributed by atoms with Crippen LogP contribution in [0.5, 0.6) is 0 Å². The summed E-state index contributed by atoms with van der Waals surface area (Å²) in [5, 5.41) is 8.96. The molecule has 2 heterocycles. The number of carbonyl (C=O) groups excluding carboxylic acids is 1. The summed E-state index contributed by atoms with van der Waals surface area (Å²) in [6, 6.07) is 0. The van der Waals surface area contributed by atoms with E-state index in [4.69, 9.17) is 9.84 Å². The van der Waals surface area contributed by atoms with E-state index in [1.807, 2.05) is 0 Å². The Morgan fingerprint density at radius 2 is 1.96 bits per heavy atom. The van der Waals surface area contributed by atoms with Crippen molar-refractivity contribution in [3.63, 3.8) is 0 Å². The Morgan fingerprint density at radius 1 is 1.35 bits per heavy atom. The highest BCUT2D eigenvalue weighted by Gasteiger charge is 2.47. The maximum absolute atomic E-state index is 12.7. The highest BCUT2D eigenvalue weighted by Crippen LogP contribution is 2.34. The van der Waals surface area contributed by atoms with Crippen LogP contribution in [-0.2, 0) is 14.3 Å². The predicted molar refractivity (Wildman–Crippen MR) is 70.9 cm³/mol. The number of piperidine rings is 1. The molecule has 1 N–H and O–H groups in total. The number of carbonyl (C=O) groups is 2. The summed E-state index contributed by atoms with van der Waals surface area (Å²) in [6.07, 6.45) is -6.09. The lowest BCUT2D eigenvalue weighted by Crippen LogP contribution is -2.62. The SMILES string of the molecule is COC(=O)C1CN(CC(F)(F)F)CC2(CCN(C(=O)O)CC2)O1.